The van der Waals surface area contributed by atoms with Crippen LogP contribution in [0.4, 0.5) is 5.69 Å². The Morgan fingerprint density at radius 1 is 1.26 bits per heavy atom. The first-order valence-electron chi connectivity index (χ1n) is 8.01. The fraction of sp³-hybridized carbons (Fsp3) is 0.167. The maximum absolute atomic E-state index is 11.6. The summed E-state index contributed by atoms with van der Waals surface area (Å²) in [5, 5.41) is 22.9. The average molecular weight is 367 g/mol. The lowest BCUT2D eigenvalue weighted by molar-refractivity contribution is -0.386. The second-order valence-electron chi connectivity index (χ2n) is 5.63. The Labute approximate surface area is 155 Å². The van der Waals surface area contributed by atoms with E-state index in [0.29, 0.717) is 5.56 Å². The molecule has 9 nitrogen and oxygen atoms in total. The third-order valence-electron chi connectivity index (χ3n) is 3.85. The van der Waals surface area contributed by atoms with Crippen LogP contribution in [0, 0.1) is 17.0 Å². The minimum atomic E-state index is -0.508. The molecule has 0 fully saturated rings. The quantitative estimate of drug-likeness (QED) is 0.361. The Kier molecular flexibility index (Phi) is 5.41. The first kappa shape index (κ1) is 18.1. The van der Waals surface area contributed by atoms with Crippen molar-refractivity contribution in [3.05, 3.63) is 75.9 Å². The van der Waals surface area contributed by atoms with Crippen molar-refractivity contribution in [1.29, 1.82) is 0 Å². The molecule has 0 aliphatic heterocycles. The molecule has 0 spiro atoms. The van der Waals surface area contributed by atoms with Gasteiger partial charge in [0.15, 0.2) is 5.75 Å². The molecule has 0 aliphatic rings. The van der Waals surface area contributed by atoms with Crippen LogP contribution >= 0.6 is 0 Å². The average Bonchev–Trinajstić information content (AvgIpc) is 3.19. The second-order valence-corrected chi connectivity index (χ2v) is 5.63. The Hall–Kier alpha value is -3.75. The molecule has 9 heteroatoms. The van der Waals surface area contributed by atoms with Gasteiger partial charge in [-0.3, -0.25) is 10.1 Å². The largest absolute Gasteiger partial charge is 0.493 e. The molecule has 1 aromatic heterocycles. The van der Waals surface area contributed by atoms with Gasteiger partial charge in [-0.15, -0.1) is 10.2 Å². The number of rotatable bonds is 7. The van der Waals surface area contributed by atoms with Crippen LogP contribution in [-0.4, -0.2) is 33.1 Å². The molecule has 27 heavy (non-hydrogen) atoms. The van der Waals surface area contributed by atoms with Crippen molar-refractivity contribution in [3.63, 3.8) is 0 Å². The molecule has 0 unspecified atom stereocenters. The summed E-state index contributed by atoms with van der Waals surface area (Å²) in [5.41, 5.74) is 2.26. The van der Waals surface area contributed by atoms with E-state index in [0.717, 1.165) is 11.1 Å². The van der Waals surface area contributed by atoms with E-state index < -0.39 is 4.92 Å². The van der Waals surface area contributed by atoms with E-state index in [1.54, 1.807) is 6.07 Å². The summed E-state index contributed by atoms with van der Waals surface area (Å²) in [6.45, 7) is 2.15. The van der Waals surface area contributed by atoms with Crippen LogP contribution in [0.2, 0.25) is 0 Å². The molecule has 3 rings (SSSR count). The third kappa shape index (κ3) is 4.27. The van der Waals surface area contributed by atoms with Crippen LogP contribution in [0.15, 0.2) is 54.2 Å². The van der Waals surface area contributed by atoms with Crippen molar-refractivity contribution >= 4 is 11.9 Å². The van der Waals surface area contributed by atoms with Gasteiger partial charge in [0.2, 0.25) is 5.75 Å². The molecule has 0 atom stereocenters. The number of aromatic nitrogens is 3. The Morgan fingerprint density at radius 2 is 2.00 bits per heavy atom. The van der Waals surface area contributed by atoms with Crippen LogP contribution in [0.3, 0.4) is 0 Å². The smallest absolute Gasteiger partial charge is 0.315 e. The van der Waals surface area contributed by atoms with Crippen LogP contribution in [0.25, 0.3) is 0 Å². The van der Waals surface area contributed by atoms with E-state index >= 15 is 0 Å². The van der Waals surface area contributed by atoms with Crippen LogP contribution in [-0.2, 0) is 6.61 Å². The van der Waals surface area contributed by atoms with Gasteiger partial charge in [-0.25, -0.2) is 4.68 Å². The van der Waals surface area contributed by atoms with Gasteiger partial charge in [-0.2, -0.15) is 5.10 Å². The molecule has 0 N–H and O–H groups in total. The molecule has 2 aromatic carbocycles. The number of hydrogen-bond donors (Lipinski definition) is 0. The lowest BCUT2D eigenvalue weighted by Gasteiger charge is -2.13. The number of benzene rings is 2. The number of nitrogens with zero attached hydrogens (tertiary/aromatic N) is 5. The number of methoxy groups -OCH3 is 1. The van der Waals surface area contributed by atoms with Gasteiger partial charge in [0.25, 0.3) is 0 Å². The highest BCUT2D eigenvalue weighted by Gasteiger charge is 2.22. The molecule has 0 saturated heterocycles. The highest BCUT2D eigenvalue weighted by molar-refractivity contribution is 5.83. The number of aryl methyl sites for hydroxylation is 1. The molecular formula is C18H17N5O4. The van der Waals surface area contributed by atoms with E-state index in [4.69, 9.17) is 9.47 Å². The minimum Gasteiger partial charge on any atom is -0.493 e. The predicted octanol–water partition coefficient (Wildman–Crippen LogP) is 2.96. The topological polar surface area (TPSA) is 105 Å². The number of nitro groups is 1. The van der Waals surface area contributed by atoms with Crippen LogP contribution in [0.5, 0.6) is 11.5 Å². The lowest BCUT2D eigenvalue weighted by Crippen LogP contribution is -2.03. The Morgan fingerprint density at radius 3 is 2.67 bits per heavy atom. The van der Waals surface area contributed by atoms with Gasteiger partial charge in [0.1, 0.15) is 19.3 Å². The fourth-order valence-corrected chi connectivity index (χ4v) is 2.43. The summed E-state index contributed by atoms with van der Waals surface area (Å²) in [7, 11) is 1.43. The molecular weight excluding hydrogens is 350 g/mol. The molecule has 138 valence electrons. The van der Waals surface area contributed by atoms with Gasteiger partial charge in [0, 0.05) is 11.6 Å². The first-order chi connectivity index (χ1) is 13.1. The van der Waals surface area contributed by atoms with Gasteiger partial charge in [-0.05, 0) is 24.1 Å². The third-order valence-corrected chi connectivity index (χ3v) is 3.85. The summed E-state index contributed by atoms with van der Waals surface area (Å²) in [6, 6.07) is 10.7. The second kappa shape index (κ2) is 8.09. The first-order valence-corrected chi connectivity index (χ1v) is 8.01. The summed E-state index contributed by atoms with van der Waals surface area (Å²) in [4.78, 5) is 11.0. The van der Waals surface area contributed by atoms with Gasteiger partial charge < -0.3 is 9.47 Å². The van der Waals surface area contributed by atoms with E-state index in [2.05, 4.69) is 15.3 Å². The molecule has 0 saturated carbocycles. The zero-order valence-corrected chi connectivity index (χ0v) is 14.8. The molecule has 0 radical (unpaired) electrons. The van der Waals surface area contributed by atoms with Crippen LogP contribution < -0.4 is 9.47 Å². The number of ether oxygens (including phenoxy) is 2. The summed E-state index contributed by atoms with van der Waals surface area (Å²) in [6.07, 6.45) is 4.26. The van der Waals surface area contributed by atoms with Crippen molar-refractivity contribution in [2.45, 2.75) is 13.5 Å². The summed E-state index contributed by atoms with van der Waals surface area (Å²) < 4.78 is 12.4. The van der Waals surface area contributed by atoms with E-state index in [-0.39, 0.29) is 23.8 Å². The SMILES string of the molecule is COc1cc(/C=N\n2cnnc2)cc([N+](=O)[O-])c1OCc1ccccc1C. The normalized spacial score (nSPS) is 10.9. The maximum atomic E-state index is 11.6. The standard InChI is InChI=1S/C18H17N5O4/c1-13-5-3-4-6-15(13)10-27-18-16(23(24)25)7-14(8-17(18)26-2)9-21-22-11-19-20-12-22/h3-9,11-12H,10H2,1-2H3/b21-9-. The van der Waals surface area contributed by atoms with Crippen LogP contribution in [0.1, 0.15) is 16.7 Å². The molecule has 1 heterocycles. The van der Waals surface area contributed by atoms with Gasteiger partial charge in [0.05, 0.1) is 18.2 Å². The molecule has 0 aliphatic carbocycles. The zero-order valence-electron chi connectivity index (χ0n) is 14.8. The summed E-state index contributed by atoms with van der Waals surface area (Å²) >= 11 is 0. The Balaban J connectivity index is 1.92. The number of hydrogen-bond acceptors (Lipinski definition) is 7. The van der Waals surface area contributed by atoms with E-state index in [1.807, 2.05) is 31.2 Å². The van der Waals surface area contributed by atoms with Crippen molar-refractivity contribution in [2.24, 2.45) is 5.10 Å². The lowest BCUT2D eigenvalue weighted by atomic mass is 10.1. The highest BCUT2D eigenvalue weighted by Crippen LogP contribution is 2.38. The van der Waals surface area contributed by atoms with E-state index in [9.17, 15) is 10.1 Å². The minimum absolute atomic E-state index is 0.0761. The highest BCUT2D eigenvalue weighted by atomic mass is 16.6. The van der Waals surface area contributed by atoms with E-state index in [1.165, 1.54) is 36.7 Å². The summed E-state index contributed by atoms with van der Waals surface area (Å²) in [5.74, 6) is 0.329. The van der Waals surface area contributed by atoms with Crippen molar-refractivity contribution in [2.75, 3.05) is 7.11 Å². The molecule has 0 bridgehead atoms. The zero-order chi connectivity index (χ0) is 19.2. The monoisotopic (exact) mass is 367 g/mol. The maximum Gasteiger partial charge on any atom is 0.315 e. The van der Waals surface area contributed by atoms with Crippen molar-refractivity contribution < 1.29 is 14.4 Å². The molecule has 3 aromatic rings. The van der Waals surface area contributed by atoms with Crippen molar-refractivity contribution in [1.82, 2.24) is 14.9 Å². The number of nitro benzene ring substituents is 1. The fourth-order valence-electron chi connectivity index (χ4n) is 2.43. The Bertz CT molecular complexity index is 970. The van der Waals surface area contributed by atoms with Gasteiger partial charge >= 0.3 is 5.69 Å². The molecule has 0 amide bonds. The van der Waals surface area contributed by atoms with Gasteiger partial charge in [-0.1, -0.05) is 24.3 Å². The van der Waals surface area contributed by atoms with Crippen molar-refractivity contribution in [3.8, 4) is 11.5 Å². The predicted molar refractivity (Wildman–Crippen MR) is 98.2 cm³/mol.